The molecular weight excluding hydrogens is 732 g/mol. The summed E-state index contributed by atoms with van der Waals surface area (Å²) in [6, 6.07) is 6.82. The van der Waals surface area contributed by atoms with Gasteiger partial charge in [-0.05, 0) is 89.0 Å². The summed E-state index contributed by atoms with van der Waals surface area (Å²) >= 11 is 0. The number of phenols is 1. The van der Waals surface area contributed by atoms with Crippen LogP contribution in [0.2, 0.25) is 0 Å². The molecular formula is C40H46N2O14. The number of ether oxygens (including phenoxy) is 4. The van der Waals surface area contributed by atoms with Crippen LogP contribution in [-0.4, -0.2) is 156 Å². The van der Waals surface area contributed by atoms with E-state index in [9.17, 15) is 50.1 Å². The van der Waals surface area contributed by atoms with E-state index in [0.717, 1.165) is 35.2 Å². The number of ketones is 2. The Morgan fingerprint density at radius 1 is 0.750 bits per heavy atom. The number of piperidine rings is 2. The second-order valence-electron chi connectivity index (χ2n) is 17.3. The molecule has 0 amide bonds. The van der Waals surface area contributed by atoms with Crippen molar-refractivity contribution >= 4 is 17.5 Å². The molecule has 16 nitrogen and oxygen atoms in total. The predicted molar refractivity (Wildman–Crippen MR) is 190 cm³/mol. The molecule has 56 heavy (non-hydrogen) atoms. The summed E-state index contributed by atoms with van der Waals surface area (Å²) in [7, 11) is 4.02. The number of Topliss-reactive ketones (excluding diaryl/α,β-unsaturated/α-hetero) is 2. The van der Waals surface area contributed by atoms with Crippen LogP contribution in [0.5, 0.6) is 23.0 Å². The highest BCUT2D eigenvalue weighted by Gasteiger charge is 2.74. The number of carbonyl (C=O) groups is 3. The van der Waals surface area contributed by atoms with E-state index < -0.39 is 70.9 Å². The monoisotopic (exact) mass is 778 g/mol. The lowest BCUT2D eigenvalue weighted by Gasteiger charge is -2.62. The van der Waals surface area contributed by atoms with E-state index in [-0.39, 0.29) is 47.3 Å². The molecule has 16 heteroatoms. The number of phenolic OH excluding ortho intramolecular Hbond substituents is 1. The van der Waals surface area contributed by atoms with Crippen molar-refractivity contribution in [1.29, 1.82) is 0 Å². The van der Waals surface area contributed by atoms with Crippen LogP contribution in [0, 0.1) is 0 Å². The van der Waals surface area contributed by atoms with Crippen molar-refractivity contribution in [3.8, 4) is 23.0 Å². The van der Waals surface area contributed by atoms with Gasteiger partial charge in [-0.3, -0.25) is 9.59 Å². The van der Waals surface area contributed by atoms with Gasteiger partial charge in [-0.1, -0.05) is 12.1 Å². The van der Waals surface area contributed by atoms with Crippen molar-refractivity contribution in [2.45, 2.75) is 128 Å². The molecule has 0 aromatic heterocycles. The summed E-state index contributed by atoms with van der Waals surface area (Å²) < 4.78 is 23.2. The van der Waals surface area contributed by atoms with Gasteiger partial charge in [0.2, 0.25) is 6.29 Å². The van der Waals surface area contributed by atoms with Crippen LogP contribution in [0.4, 0.5) is 0 Å². The van der Waals surface area contributed by atoms with Gasteiger partial charge in [-0.2, -0.15) is 0 Å². The van der Waals surface area contributed by atoms with E-state index >= 15 is 0 Å². The van der Waals surface area contributed by atoms with Crippen LogP contribution in [0.1, 0.15) is 60.8 Å². The van der Waals surface area contributed by atoms with E-state index in [1.165, 1.54) is 0 Å². The SMILES string of the molecule is CN1CC[C@]23c4c5ccc(O)c4O[C@H]2C(=O)CC[C@@]3(O)[C@H]1C5.CN1CC[C@]23c4c5ccc(OC6O[C@H](C(=O)O)[C@@H](O)[C@H](O)[C@H]6O)c4O[C@H]2C(=O)CC[C@@]3(O)[C@H]1C5. The van der Waals surface area contributed by atoms with Crippen LogP contribution in [-0.2, 0) is 42.8 Å². The first kappa shape index (κ1) is 36.5. The normalized spacial score (nSPS) is 43.7. The van der Waals surface area contributed by atoms with Crippen molar-refractivity contribution < 1.29 is 69.1 Å². The molecule has 4 bridgehead atoms. The number of aliphatic carboxylic acids is 1. The first-order valence-corrected chi connectivity index (χ1v) is 19.4. The molecule has 11 rings (SSSR count). The Morgan fingerprint density at radius 2 is 1.27 bits per heavy atom. The number of hydrogen-bond donors (Lipinski definition) is 7. The average Bonchev–Trinajstić information content (AvgIpc) is 3.72. The number of likely N-dealkylation sites (N-methyl/N-ethyl adjacent to an activating group) is 2. The van der Waals surface area contributed by atoms with Gasteiger partial charge >= 0.3 is 5.97 Å². The molecule has 3 saturated heterocycles. The number of carboxylic acid groups (broad SMARTS) is 1. The fourth-order valence-electron chi connectivity index (χ4n) is 12.4. The van der Waals surface area contributed by atoms with E-state index in [2.05, 4.69) is 9.80 Å². The number of hydrogen-bond acceptors (Lipinski definition) is 15. The number of benzene rings is 2. The second-order valence-corrected chi connectivity index (χ2v) is 17.3. The molecule has 7 N–H and O–H groups in total. The minimum atomic E-state index is -1.84. The maximum Gasteiger partial charge on any atom is 0.335 e. The summed E-state index contributed by atoms with van der Waals surface area (Å²) in [5, 5.41) is 73.6. The third-order valence-corrected chi connectivity index (χ3v) is 15.1. The van der Waals surface area contributed by atoms with Gasteiger partial charge in [0.15, 0.2) is 52.9 Å². The lowest BCUT2D eigenvalue weighted by molar-refractivity contribution is -0.271. The zero-order chi connectivity index (χ0) is 39.4. The lowest BCUT2D eigenvalue weighted by atomic mass is 9.49. The number of rotatable bonds is 3. The molecule has 2 aromatic rings. The van der Waals surface area contributed by atoms with Crippen LogP contribution in [0.3, 0.4) is 0 Å². The Balaban J connectivity index is 0.000000150. The highest BCUT2D eigenvalue weighted by molar-refractivity contribution is 5.91. The van der Waals surface area contributed by atoms with E-state index in [1.807, 2.05) is 26.2 Å². The smallest absolute Gasteiger partial charge is 0.335 e. The standard InChI is InChI=1S/C23H27NO10.C17H19NO4/c1-24-7-6-22-13-9-2-3-11(32-21-16(28)14(26)15(27)18(34-21)20(29)30)17(13)33-19(22)10(25)4-5-23(22,31)12(24)8-9;1-18-7-6-16-13-9-2-3-10(19)14(13)22-15(16)11(20)4-5-17(16,21)12(18)8-9/h2-3,12,14-16,18-19,21,26-28,31H,4-8H2,1H3,(H,29,30);2-3,12,15,19,21H,4-8H2,1H3/t12-,14+,15+,16-,18+,19+,21?,22+,23-;12-,15+,16+,17-/m11/s1. The number of likely N-dealkylation sites (tertiary alicyclic amines) is 2. The molecule has 2 aromatic carbocycles. The van der Waals surface area contributed by atoms with Crippen molar-refractivity contribution in [3.63, 3.8) is 0 Å². The summed E-state index contributed by atoms with van der Waals surface area (Å²) in [5.41, 5.74) is -0.0619. The molecule has 5 heterocycles. The van der Waals surface area contributed by atoms with E-state index in [0.29, 0.717) is 50.8 Å². The van der Waals surface area contributed by atoms with E-state index in [1.54, 1.807) is 12.1 Å². The minimum Gasteiger partial charge on any atom is -0.504 e. The summed E-state index contributed by atoms with van der Waals surface area (Å²) in [5.74, 6) is -0.683. The molecule has 5 aliphatic heterocycles. The quantitative estimate of drug-likeness (QED) is 0.199. The summed E-state index contributed by atoms with van der Waals surface area (Å²) in [6.45, 7) is 1.51. The molecule has 4 aliphatic carbocycles. The van der Waals surface area contributed by atoms with E-state index in [4.69, 9.17) is 18.9 Å². The molecule has 5 fully saturated rings. The Bertz CT molecular complexity index is 2080. The lowest BCUT2D eigenvalue weighted by Crippen LogP contribution is -2.76. The molecule has 13 atom stereocenters. The molecule has 2 saturated carbocycles. The van der Waals surface area contributed by atoms with Crippen LogP contribution in [0.15, 0.2) is 24.3 Å². The average molecular weight is 779 g/mol. The molecule has 300 valence electrons. The number of aromatic hydroxyl groups is 1. The summed E-state index contributed by atoms with van der Waals surface area (Å²) in [4.78, 5) is 41.3. The van der Waals surface area contributed by atoms with Crippen LogP contribution >= 0.6 is 0 Å². The zero-order valence-electron chi connectivity index (χ0n) is 31.0. The highest BCUT2D eigenvalue weighted by atomic mass is 16.7. The minimum absolute atomic E-state index is 0.00319. The Kier molecular flexibility index (Phi) is 7.72. The topological polar surface area (TPSA) is 236 Å². The van der Waals surface area contributed by atoms with Gasteiger partial charge in [-0.25, -0.2) is 4.79 Å². The number of carboxylic acids is 1. The van der Waals surface area contributed by atoms with Crippen molar-refractivity contribution in [1.82, 2.24) is 9.80 Å². The number of nitrogens with zero attached hydrogens (tertiary/aromatic N) is 2. The van der Waals surface area contributed by atoms with Gasteiger partial charge in [0.25, 0.3) is 0 Å². The maximum atomic E-state index is 13.0. The third kappa shape index (κ3) is 4.28. The number of aliphatic hydroxyl groups excluding tert-OH is 3. The third-order valence-electron chi connectivity index (χ3n) is 15.1. The number of carbonyl (C=O) groups excluding carboxylic acids is 2. The molecule has 2 spiro atoms. The number of aliphatic hydroxyl groups is 5. The maximum absolute atomic E-state index is 13.0. The van der Waals surface area contributed by atoms with Crippen molar-refractivity contribution in [2.75, 3.05) is 27.2 Å². The molecule has 1 unspecified atom stereocenters. The van der Waals surface area contributed by atoms with Crippen molar-refractivity contribution in [2.24, 2.45) is 0 Å². The van der Waals surface area contributed by atoms with Crippen LogP contribution in [0.25, 0.3) is 0 Å². The van der Waals surface area contributed by atoms with Gasteiger partial charge in [-0.15, -0.1) is 0 Å². The van der Waals surface area contributed by atoms with Gasteiger partial charge in [0, 0.05) is 36.1 Å². The van der Waals surface area contributed by atoms with Gasteiger partial charge in [0.05, 0.1) is 22.0 Å². The predicted octanol–water partition coefficient (Wildman–Crippen LogP) is -0.944. The van der Waals surface area contributed by atoms with Gasteiger partial charge < -0.3 is 64.5 Å². The Hall–Kier alpha value is -3.87. The van der Waals surface area contributed by atoms with Crippen LogP contribution < -0.4 is 14.2 Å². The van der Waals surface area contributed by atoms with Gasteiger partial charge in [0.1, 0.15) is 18.3 Å². The Labute approximate surface area is 321 Å². The van der Waals surface area contributed by atoms with Crippen molar-refractivity contribution in [3.05, 3.63) is 46.5 Å². The largest absolute Gasteiger partial charge is 0.504 e. The second kappa shape index (κ2) is 11.9. The molecule has 0 radical (unpaired) electrons. The fraction of sp³-hybridized carbons (Fsp3) is 0.625. The zero-order valence-corrected chi connectivity index (χ0v) is 31.0. The fourth-order valence-corrected chi connectivity index (χ4v) is 12.4. The summed E-state index contributed by atoms with van der Waals surface area (Å²) in [6.07, 6.45) is -6.46. The highest BCUT2D eigenvalue weighted by Crippen LogP contribution is 2.66. The molecule has 9 aliphatic rings. The first-order chi connectivity index (χ1) is 26.6. The first-order valence-electron chi connectivity index (χ1n) is 19.4. The Morgan fingerprint density at radius 3 is 1.82 bits per heavy atom.